The van der Waals surface area contributed by atoms with Crippen molar-refractivity contribution in [3.05, 3.63) is 35.6 Å². The van der Waals surface area contributed by atoms with Crippen LogP contribution in [0.4, 0.5) is 4.39 Å². The second-order valence-electron chi connectivity index (χ2n) is 5.04. The Morgan fingerprint density at radius 3 is 2.47 bits per heavy atom. The van der Waals surface area contributed by atoms with Gasteiger partial charge in [-0.15, -0.1) is 0 Å². The van der Waals surface area contributed by atoms with Crippen LogP contribution in [-0.2, 0) is 19.9 Å². The molecule has 102 valence electrons. The molecule has 19 heavy (non-hydrogen) atoms. The summed E-state index contributed by atoms with van der Waals surface area (Å²) < 4.78 is 23.8. The van der Waals surface area contributed by atoms with E-state index in [-0.39, 0.29) is 17.8 Å². The first-order valence-electron chi connectivity index (χ1n) is 6.39. The molecule has 2 saturated heterocycles. The third-order valence-corrected chi connectivity index (χ3v) is 3.94. The van der Waals surface area contributed by atoms with Gasteiger partial charge in [0.05, 0.1) is 0 Å². The Bertz CT molecular complexity index is 481. The van der Waals surface area contributed by atoms with Gasteiger partial charge in [-0.3, -0.25) is 0 Å². The number of halogens is 1. The summed E-state index contributed by atoms with van der Waals surface area (Å²) in [5.41, 5.74) is -0.784. The Balaban J connectivity index is 1.86. The minimum Gasteiger partial charge on any atom is -0.479 e. The van der Waals surface area contributed by atoms with E-state index in [0.29, 0.717) is 18.8 Å². The first-order valence-corrected chi connectivity index (χ1v) is 6.39. The highest BCUT2D eigenvalue weighted by atomic mass is 19.1. The van der Waals surface area contributed by atoms with E-state index in [1.807, 2.05) is 0 Å². The van der Waals surface area contributed by atoms with Gasteiger partial charge in [0.2, 0.25) is 5.60 Å². The van der Waals surface area contributed by atoms with Crippen LogP contribution in [0.2, 0.25) is 0 Å². The van der Waals surface area contributed by atoms with E-state index in [9.17, 15) is 14.3 Å². The van der Waals surface area contributed by atoms with Gasteiger partial charge in [-0.05, 0) is 36.5 Å². The molecule has 3 rings (SSSR count). The van der Waals surface area contributed by atoms with Crippen LogP contribution in [0.15, 0.2) is 24.3 Å². The van der Waals surface area contributed by atoms with Gasteiger partial charge >= 0.3 is 5.97 Å². The zero-order chi connectivity index (χ0) is 13.5. The molecule has 5 heteroatoms. The maximum absolute atomic E-state index is 12.9. The molecule has 1 aromatic carbocycles. The highest BCUT2D eigenvalue weighted by Crippen LogP contribution is 2.52. The van der Waals surface area contributed by atoms with Crippen LogP contribution in [0.25, 0.3) is 0 Å². The molecule has 0 aliphatic carbocycles. The van der Waals surface area contributed by atoms with Crippen molar-refractivity contribution in [2.24, 2.45) is 5.92 Å². The van der Waals surface area contributed by atoms with E-state index >= 15 is 0 Å². The quantitative estimate of drug-likeness (QED) is 0.849. The van der Waals surface area contributed by atoms with Crippen molar-refractivity contribution in [1.82, 2.24) is 0 Å². The summed E-state index contributed by atoms with van der Waals surface area (Å²) in [5, 5.41) is 9.48. The van der Waals surface area contributed by atoms with E-state index in [1.165, 1.54) is 24.3 Å². The van der Waals surface area contributed by atoms with Gasteiger partial charge in [-0.1, -0.05) is 12.1 Å². The Morgan fingerprint density at radius 1 is 1.26 bits per heavy atom. The Kier molecular flexibility index (Phi) is 3.03. The van der Waals surface area contributed by atoms with Crippen LogP contribution < -0.4 is 0 Å². The van der Waals surface area contributed by atoms with Crippen LogP contribution in [0.3, 0.4) is 0 Å². The summed E-state index contributed by atoms with van der Waals surface area (Å²) >= 11 is 0. The summed E-state index contributed by atoms with van der Waals surface area (Å²) in [6, 6.07) is 5.51. The number of carboxylic acids is 1. The van der Waals surface area contributed by atoms with Crippen LogP contribution in [0, 0.1) is 11.7 Å². The molecule has 2 heterocycles. The SMILES string of the molecule is O=C(O)[C@]1(c2ccc(F)cc2)O[C@H]1C1CCOCC1. The maximum atomic E-state index is 12.9. The van der Waals surface area contributed by atoms with Crippen LogP contribution in [0.5, 0.6) is 0 Å². The smallest absolute Gasteiger partial charge is 0.343 e. The summed E-state index contributed by atoms with van der Waals surface area (Å²) in [4.78, 5) is 11.6. The zero-order valence-electron chi connectivity index (χ0n) is 10.3. The van der Waals surface area contributed by atoms with Gasteiger partial charge in [0.1, 0.15) is 11.9 Å². The molecule has 2 atom stereocenters. The number of ether oxygens (including phenoxy) is 2. The lowest BCUT2D eigenvalue weighted by Crippen LogP contribution is -2.30. The zero-order valence-corrected chi connectivity index (χ0v) is 10.3. The molecule has 0 aromatic heterocycles. The summed E-state index contributed by atoms with van der Waals surface area (Å²) in [7, 11) is 0. The largest absolute Gasteiger partial charge is 0.479 e. The Morgan fingerprint density at radius 2 is 1.89 bits per heavy atom. The Labute approximate surface area is 110 Å². The molecule has 2 aliphatic heterocycles. The summed E-state index contributed by atoms with van der Waals surface area (Å²) in [5.74, 6) is -1.20. The predicted octanol–water partition coefficient (Wildman–Crippen LogP) is 1.93. The van der Waals surface area contributed by atoms with Crippen molar-refractivity contribution < 1.29 is 23.8 Å². The minimum atomic E-state index is -1.30. The molecule has 4 nitrogen and oxygen atoms in total. The fourth-order valence-corrected chi connectivity index (χ4v) is 2.84. The number of rotatable bonds is 3. The van der Waals surface area contributed by atoms with Crippen molar-refractivity contribution in [2.45, 2.75) is 24.5 Å². The van der Waals surface area contributed by atoms with E-state index in [2.05, 4.69) is 0 Å². The molecular formula is C14H15FO4. The molecule has 0 bridgehead atoms. The standard InChI is InChI=1S/C14H15FO4/c15-11-3-1-10(2-4-11)14(13(16)17)12(19-14)9-5-7-18-8-6-9/h1-4,9,12H,5-8H2,(H,16,17)/t12-,14+/m0/s1. The van der Waals surface area contributed by atoms with Crippen molar-refractivity contribution in [3.63, 3.8) is 0 Å². The van der Waals surface area contributed by atoms with Crippen molar-refractivity contribution in [2.75, 3.05) is 13.2 Å². The highest BCUT2D eigenvalue weighted by Gasteiger charge is 2.66. The molecule has 0 radical (unpaired) electrons. The third-order valence-electron chi connectivity index (χ3n) is 3.94. The second-order valence-corrected chi connectivity index (χ2v) is 5.04. The van der Waals surface area contributed by atoms with Crippen LogP contribution in [-0.4, -0.2) is 30.4 Å². The number of benzene rings is 1. The molecule has 0 amide bonds. The van der Waals surface area contributed by atoms with Gasteiger partial charge in [0.25, 0.3) is 0 Å². The van der Waals surface area contributed by atoms with Crippen LogP contribution >= 0.6 is 0 Å². The monoisotopic (exact) mass is 266 g/mol. The number of carbonyl (C=O) groups is 1. The first kappa shape index (κ1) is 12.6. The fourth-order valence-electron chi connectivity index (χ4n) is 2.84. The van der Waals surface area contributed by atoms with Crippen LogP contribution in [0.1, 0.15) is 18.4 Å². The lowest BCUT2D eigenvalue weighted by atomic mass is 9.85. The van der Waals surface area contributed by atoms with Gasteiger partial charge in [-0.25, -0.2) is 9.18 Å². The highest BCUT2D eigenvalue weighted by molar-refractivity contribution is 5.83. The minimum absolute atomic E-state index is 0.190. The average molecular weight is 266 g/mol. The summed E-state index contributed by atoms with van der Waals surface area (Å²) in [6.45, 7) is 1.29. The van der Waals surface area contributed by atoms with Gasteiger partial charge in [-0.2, -0.15) is 0 Å². The summed E-state index contributed by atoms with van der Waals surface area (Å²) in [6.07, 6.45) is 1.28. The van der Waals surface area contributed by atoms with Gasteiger partial charge < -0.3 is 14.6 Å². The number of hydrogen-bond donors (Lipinski definition) is 1. The first-order chi connectivity index (χ1) is 9.14. The third kappa shape index (κ3) is 2.03. The fraction of sp³-hybridized carbons (Fsp3) is 0.500. The Hall–Kier alpha value is -1.46. The van der Waals surface area contributed by atoms with E-state index < -0.39 is 11.6 Å². The number of hydrogen-bond acceptors (Lipinski definition) is 3. The molecule has 0 saturated carbocycles. The molecule has 0 spiro atoms. The van der Waals surface area contributed by atoms with Gasteiger partial charge in [0, 0.05) is 13.2 Å². The predicted molar refractivity (Wildman–Crippen MR) is 64.1 cm³/mol. The van der Waals surface area contributed by atoms with E-state index in [1.54, 1.807) is 0 Å². The second kappa shape index (κ2) is 4.58. The molecule has 2 fully saturated rings. The lowest BCUT2D eigenvalue weighted by molar-refractivity contribution is -0.143. The van der Waals surface area contributed by atoms with Gasteiger partial charge in [0.15, 0.2) is 0 Å². The van der Waals surface area contributed by atoms with Crippen molar-refractivity contribution in [3.8, 4) is 0 Å². The normalized spacial score (nSPS) is 31.1. The number of aliphatic carboxylic acids is 1. The number of carboxylic acid groups (broad SMARTS) is 1. The van der Waals surface area contributed by atoms with E-state index in [0.717, 1.165) is 12.8 Å². The molecular weight excluding hydrogens is 251 g/mol. The van der Waals surface area contributed by atoms with Crippen molar-refractivity contribution in [1.29, 1.82) is 0 Å². The topological polar surface area (TPSA) is 59.1 Å². The average Bonchev–Trinajstić information content (AvgIpc) is 3.17. The number of epoxide rings is 1. The molecule has 2 aliphatic rings. The maximum Gasteiger partial charge on any atom is 0.343 e. The van der Waals surface area contributed by atoms with Crippen molar-refractivity contribution >= 4 is 5.97 Å². The molecule has 1 N–H and O–H groups in total. The molecule has 0 unspecified atom stereocenters. The van der Waals surface area contributed by atoms with E-state index in [4.69, 9.17) is 9.47 Å². The molecule has 1 aromatic rings. The lowest BCUT2D eigenvalue weighted by Gasteiger charge is -2.21.